The summed E-state index contributed by atoms with van der Waals surface area (Å²) in [5, 5.41) is 0. The Morgan fingerprint density at radius 1 is 1.33 bits per heavy atom. The first-order valence-corrected chi connectivity index (χ1v) is 6.15. The largest absolute Gasteiger partial charge is 0.300 e. The fourth-order valence-corrected chi connectivity index (χ4v) is 3.10. The van der Waals surface area contributed by atoms with Gasteiger partial charge in [-0.2, -0.15) is 0 Å². The monoisotopic (exact) mass is 213 g/mol. The van der Waals surface area contributed by atoms with Crippen molar-refractivity contribution in [1.82, 2.24) is 4.90 Å². The van der Waals surface area contributed by atoms with E-state index in [2.05, 4.69) is 4.90 Å². The molecule has 0 aromatic carbocycles. The SMILES string of the molecule is O=C1CCCC1C1CCCN1CCCF. The summed E-state index contributed by atoms with van der Waals surface area (Å²) in [5.74, 6) is 0.722. The Morgan fingerprint density at radius 3 is 2.87 bits per heavy atom. The van der Waals surface area contributed by atoms with Crippen molar-refractivity contribution in [1.29, 1.82) is 0 Å². The molecular weight excluding hydrogens is 193 g/mol. The Bertz CT molecular complexity index is 232. The first-order chi connectivity index (χ1) is 7.33. The minimum atomic E-state index is -0.234. The second-order valence-corrected chi connectivity index (χ2v) is 4.75. The van der Waals surface area contributed by atoms with Gasteiger partial charge < -0.3 is 0 Å². The number of hydrogen-bond acceptors (Lipinski definition) is 2. The summed E-state index contributed by atoms with van der Waals surface area (Å²) < 4.78 is 12.1. The Kier molecular flexibility index (Phi) is 3.73. The van der Waals surface area contributed by atoms with Gasteiger partial charge in [0.2, 0.25) is 0 Å². The lowest BCUT2D eigenvalue weighted by atomic mass is 9.95. The highest BCUT2D eigenvalue weighted by Crippen LogP contribution is 2.33. The molecule has 0 spiro atoms. The molecule has 0 aromatic heterocycles. The lowest BCUT2D eigenvalue weighted by Gasteiger charge is -2.28. The Morgan fingerprint density at radius 2 is 2.20 bits per heavy atom. The van der Waals surface area contributed by atoms with Gasteiger partial charge in [-0.1, -0.05) is 0 Å². The molecule has 2 unspecified atom stereocenters. The van der Waals surface area contributed by atoms with E-state index in [0.717, 1.165) is 38.8 Å². The summed E-state index contributed by atoms with van der Waals surface area (Å²) in [6.07, 6.45) is 5.85. The summed E-state index contributed by atoms with van der Waals surface area (Å²) in [6.45, 7) is 1.67. The van der Waals surface area contributed by atoms with Gasteiger partial charge in [0, 0.05) is 24.9 Å². The van der Waals surface area contributed by atoms with Gasteiger partial charge in [0.15, 0.2) is 0 Å². The smallest absolute Gasteiger partial charge is 0.137 e. The molecule has 0 aromatic rings. The van der Waals surface area contributed by atoms with Crippen molar-refractivity contribution in [3.05, 3.63) is 0 Å². The number of likely N-dealkylation sites (tertiary alicyclic amines) is 1. The van der Waals surface area contributed by atoms with E-state index in [0.29, 0.717) is 18.2 Å². The van der Waals surface area contributed by atoms with Crippen molar-refractivity contribution >= 4 is 5.78 Å². The molecular formula is C12H20FNO. The van der Waals surface area contributed by atoms with Gasteiger partial charge in [-0.25, -0.2) is 0 Å². The summed E-state index contributed by atoms with van der Waals surface area (Å²) in [4.78, 5) is 14.0. The minimum Gasteiger partial charge on any atom is -0.300 e. The van der Waals surface area contributed by atoms with E-state index in [-0.39, 0.29) is 12.6 Å². The fourth-order valence-electron chi connectivity index (χ4n) is 3.10. The van der Waals surface area contributed by atoms with Crippen LogP contribution in [0.15, 0.2) is 0 Å². The van der Waals surface area contributed by atoms with Gasteiger partial charge in [-0.15, -0.1) is 0 Å². The maximum atomic E-state index is 12.1. The maximum absolute atomic E-state index is 12.1. The molecule has 2 fully saturated rings. The van der Waals surface area contributed by atoms with Crippen molar-refractivity contribution in [2.45, 2.75) is 44.6 Å². The second-order valence-electron chi connectivity index (χ2n) is 4.75. The van der Waals surface area contributed by atoms with Gasteiger partial charge in [-0.05, 0) is 38.6 Å². The summed E-state index contributed by atoms with van der Waals surface area (Å²) >= 11 is 0. The van der Waals surface area contributed by atoms with Crippen LogP contribution in [0.4, 0.5) is 4.39 Å². The van der Waals surface area contributed by atoms with Crippen molar-refractivity contribution in [2.75, 3.05) is 19.8 Å². The van der Waals surface area contributed by atoms with Crippen LogP contribution in [0.5, 0.6) is 0 Å². The lowest BCUT2D eigenvalue weighted by Crippen LogP contribution is -2.38. The molecule has 2 nitrogen and oxygen atoms in total. The van der Waals surface area contributed by atoms with Crippen LogP contribution in [0.3, 0.4) is 0 Å². The van der Waals surface area contributed by atoms with E-state index in [4.69, 9.17) is 0 Å². The molecule has 0 radical (unpaired) electrons. The van der Waals surface area contributed by atoms with Crippen LogP contribution < -0.4 is 0 Å². The van der Waals surface area contributed by atoms with Crippen LogP contribution in [0.2, 0.25) is 0 Å². The Labute approximate surface area is 90.8 Å². The van der Waals surface area contributed by atoms with Crippen LogP contribution in [0.1, 0.15) is 38.5 Å². The molecule has 1 aliphatic carbocycles. The number of hydrogen-bond donors (Lipinski definition) is 0. The Hall–Kier alpha value is -0.440. The fraction of sp³-hybridized carbons (Fsp3) is 0.917. The molecule has 3 heteroatoms. The van der Waals surface area contributed by atoms with Crippen LogP contribution >= 0.6 is 0 Å². The van der Waals surface area contributed by atoms with E-state index < -0.39 is 0 Å². The molecule has 0 bridgehead atoms. The molecule has 0 N–H and O–H groups in total. The topological polar surface area (TPSA) is 20.3 Å². The number of carbonyl (C=O) groups excluding carboxylic acids is 1. The van der Waals surface area contributed by atoms with Gasteiger partial charge >= 0.3 is 0 Å². The van der Waals surface area contributed by atoms with E-state index in [1.165, 1.54) is 6.42 Å². The standard InChI is InChI=1S/C12H20FNO/c13-7-3-9-14-8-2-5-11(14)10-4-1-6-12(10)15/h10-11H,1-9H2. The molecule has 1 saturated heterocycles. The molecule has 2 atom stereocenters. The van der Waals surface area contributed by atoms with E-state index >= 15 is 0 Å². The van der Waals surface area contributed by atoms with E-state index in [9.17, 15) is 9.18 Å². The third-order valence-corrected chi connectivity index (χ3v) is 3.81. The van der Waals surface area contributed by atoms with Crippen molar-refractivity contribution < 1.29 is 9.18 Å². The molecule has 1 aliphatic heterocycles. The quantitative estimate of drug-likeness (QED) is 0.713. The Balaban J connectivity index is 1.91. The highest BCUT2D eigenvalue weighted by molar-refractivity contribution is 5.83. The zero-order chi connectivity index (χ0) is 10.7. The third-order valence-electron chi connectivity index (χ3n) is 3.81. The van der Waals surface area contributed by atoms with Gasteiger partial charge in [0.1, 0.15) is 5.78 Å². The molecule has 15 heavy (non-hydrogen) atoms. The van der Waals surface area contributed by atoms with Crippen LogP contribution in [0.25, 0.3) is 0 Å². The lowest BCUT2D eigenvalue weighted by molar-refractivity contribution is -0.122. The van der Waals surface area contributed by atoms with Crippen molar-refractivity contribution in [3.8, 4) is 0 Å². The number of carbonyl (C=O) groups is 1. The first kappa shape index (κ1) is 11.1. The number of nitrogens with zero attached hydrogens (tertiary/aromatic N) is 1. The second kappa shape index (κ2) is 5.06. The average Bonchev–Trinajstić information content (AvgIpc) is 2.82. The van der Waals surface area contributed by atoms with Crippen LogP contribution in [0, 0.1) is 5.92 Å². The number of ketones is 1. The summed E-state index contributed by atoms with van der Waals surface area (Å²) in [7, 11) is 0. The highest BCUT2D eigenvalue weighted by atomic mass is 19.1. The zero-order valence-corrected chi connectivity index (χ0v) is 9.25. The minimum absolute atomic E-state index is 0.234. The van der Waals surface area contributed by atoms with Gasteiger partial charge in [0.25, 0.3) is 0 Å². The van der Waals surface area contributed by atoms with Crippen LogP contribution in [-0.4, -0.2) is 36.5 Å². The predicted octanol–water partition coefficient (Wildman–Crippen LogP) is 2.18. The number of Topliss-reactive ketones (excluding diaryl/α,β-unsaturated/α-hetero) is 1. The van der Waals surface area contributed by atoms with Crippen LogP contribution in [-0.2, 0) is 4.79 Å². The highest BCUT2D eigenvalue weighted by Gasteiger charge is 2.37. The van der Waals surface area contributed by atoms with Crippen molar-refractivity contribution in [3.63, 3.8) is 0 Å². The van der Waals surface area contributed by atoms with Gasteiger partial charge in [0.05, 0.1) is 6.67 Å². The molecule has 2 aliphatic rings. The molecule has 1 heterocycles. The van der Waals surface area contributed by atoms with E-state index in [1.54, 1.807) is 0 Å². The number of rotatable bonds is 4. The normalized spacial score (nSPS) is 32.7. The third kappa shape index (κ3) is 2.39. The molecule has 0 amide bonds. The number of alkyl halides is 1. The van der Waals surface area contributed by atoms with Crippen molar-refractivity contribution in [2.24, 2.45) is 5.92 Å². The van der Waals surface area contributed by atoms with E-state index in [1.807, 2.05) is 0 Å². The summed E-state index contributed by atoms with van der Waals surface area (Å²) in [6, 6.07) is 0.437. The zero-order valence-electron chi connectivity index (χ0n) is 9.25. The number of halogens is 1. The first-order valence-electron chi connectivity index (χ1n) is 6.15. The molecule has 1 saturated carbocycles. The molecule has 86 valence electrons. The van der Waals surface area contributed by atoms with Gasteiger partial charge in [-0.3, -0.25) is 14.1 Å². The maximum Gasteiger partial charge on any atom is 0.137 e. The molecule has 2 rings (SSSR count). The predicted molar refractivity (Wildman–Crippen MR) is 57.5 cm³/mol. The summed E-state index contributed by atoms with van der Waals surface area (Å²) in [5.41, 5.74) is 0. The average molecular weight is 213 g/mol.